The van der Waals surface area contributed by atoms with Gasteiger partial charge < -0.3 is 5.73 Å². The van der Waals surface area contributed by atoms with Crippen molar-refractivity contribution in [2.24, 2.45) is 5.73 Å². The number of benzene rings is 1. The molecule has 0 aliphatic carbocycles. The van der Waals surface area contributed by atoms with E-state index in [9.17, 15) is 8.42 Å². The van der Waals surface area contributed by atoms with Crippen molar-refractivity contribution in [1.82, 2.24) is 4.31 Å². The summed E-state index contributed by atoms with van der Waals surface area (Å²) in [4.78, 5) is 0.131. The highest BCUT2D eigenvalue weighted by Crippen LogP contribution is 2.34. The highest BCUT2D eigenvalue weighted by Gasteiger charge is 2.36. The third-order valence-electron chi connectivity index (χ3n) is 3.08. The van der Waals surface area contributed by atoms with E-state index in [1.807, 2.05) is 0 Å². The van der Waals surface area contributed by atoms with E-state index in [1.165, 1.54) is 4.31 Å². The van der Waals surface area contributed by atoms with Crippen molar-refractivity contribution in [3.63, 3.8) is 0 Å². The minimum atomic E-state index is -3.59. The lowest BCUT2D eigenvalue weighted by atomic mass is 10.2. The SMILES string of the molecule is Cl.NCC1CCCN1S(=O)(=O)c1c(Cl)cccc1Br. The van der Waals surface area contributed by atoms with Crippen LogP contribution in [0.1, 0.15) is 12.8 Å². The predicted molar refractivity (Wildman–Crippen MR) is 82.4 cm³/mol. The summed E-state index contributed by atoms with van der Waals surface area (Å²) in [5.74, 6) is 0. The van der Waals surface area contributed by atoms with Gasteiger partial charge in [-0.15, -0.1) is 12.4 Å². The maximum Gasteiger partial charge on any atom is 0.245 e. The molecule has 2 N–H and O–H groups in total. The van der Waals surface area contributed by atoms with E-state index < -0.39 is 10.0 Å². The molecule has 19 heavy (non-hydrogen) atoms. The lowest BCUT2D eigenvalue weighted by Gasteiger charge is -2.23. The van der Waals surface area contributed by atoms with Crippen molar-refractivity contribution in [2.45, 2.75) is 23.8 Å². The fourth-order valence-corrected chi connectivity index (χ4v) is 5.59. The second-order valence-corrected chi connectivity index (χ2v) is 7.29. The van der Waals surface area contributed by atoms with Crippen LogP contribution in [0.2, 0.25) is 5.02 Å². The van der Waals surface area contributed by atoms with Crippen LogP contribution >= 0.6 is 39.9 Å². The van der Waals surface area contributed by atoms with Gasteiger partial charge in [-0.1, -0.05) is 17.7 Å². The minimum Gasteiger partial charge on any atom is -0.329 e. The van der Waals surface area contributed by atoms with Gasteiger partial charge in [0.1, 0.15) is 4.90 Å². The summed E-state index contributed by atoms with van der Waals surface area (Å²) in [7, 11) is -3.59. The second kappa shape index (κ2) is 6.74. The average Bonchev–Trinajstić information content (AvgIpc) is 2.77. The van der Waals surface area contributed by atoms with Crippen LogP contribution in [0.15, 0.2) is 27.6 Å². The Morgan fingerprint density at radius 1 is 1.47 bits per heavy atom. The molecule has 4 nitrogen and oxygen atoms in total. The van der Waals surface area contributed by atoms with Gasteiger partial charge in [0.05, 0.1) is 5.02 Å². The molecule has 1 aliphatic rings. The first kappa shape index (κ1) is 17.2. The molecule has 0 bridgehead atoms. The lowest BCUT2D eigenvalue weighted by Crippen LogP contribution is -2.40. The molecule has 108 valence electrons. The zero-order chi connectivity index (χ0) is 13.3. The van der Waals surface area contributed by atoms with Crippen molar-refractivity contribution in [1.29, 1.82) is 0 Å². The molecule has 2 rings (SSSR count). The number of sulfonamides is 1. The number of nitrogens with two attached hydrogens (primary N) is 1. The average molecular weight is 390 g/mol. The molecule has 0 amide bonds. The van der Waals surface area contributed by atoms with Crippen molar-refractivity contribution in [3.05, 3.63) is 27.7 Å². The Hall–Kier alpha value is 0.150. The summed E-state index contributed by atoms with van der Waals surface area (Å²) in [6, 6.07) is 4.83. The summed E-state index contributed by atoms with van der Waals surface area (Å²) in [6.07, 6.45) is 1.64. The van der Waals surface area contributed by atoms with Gasteiger partial charge in [-0.05, 0) is 40.9 Å². The summed E-state index contributed by atoms with van der Waals surface area (Å²) in [6.45, 7) is 0.836. The van der Waals surface area contributed by atoms with Crippen molar-refractivity contribution in [2.75, 3.05) is 13.1 Å². The molecule has 1 heterocycles. The normalized spacial score (nSPS) is 20.3. The molecular weight excluding hydrogens is 375 g/mol. The number of halogens is 3. The van der Waals surface area contributed by atoms with E-state index in [-0.39, 0.29) is 28.4 Å². The van der Waals surface area contributed by atoms with Gasteiger partial charge in [0.25, 0.3) is 0 Å². The first-order valence-electron chi connectivity index (χ1n) is 5.64. The number of hydrogen-bond acceptors (Lipinski definition) is 3. The number of rotatable bonds is 3. The van der Waals surface area contributed by atoms with Crippen LogP contribution in [0.25, 0.3) is 0 Å². The predicted octanol–water partition coefficient (Wildman–Crippen LogP) is 2.64. The zero-order valence-electron chi connectivity index (χ0n) is 10.1. The number of hydrogen-bond donors (Lipinski definition) is 1. The van der Waals surface area contributed by atoms with Gasteiger partial charge in [0.2, 0.25) is 10.0 Å². The van der Waals surface area contributed by atoms with Gasteiger partial charge in [0, 0.05) is 23.6 Å². The molecule has 0 radical (unpaired) electrons. The van der Waals surface area contributed by atoms with Gasteiger partial charge in [0.15, 0.2) is 0 Å². The first-order valence-corrected chi connectivity index (χ1v) is 8.25. The third-order valence-corrected chi connectivity index (χ3v) is 6.49. The van der Waals surface area contributed by atoms with Gasteiger partial charge >= 0.3 is 0 Å². The van der Waals surface area contributed by atoms with Crippen molar-refractivity contribution < 1.29 is 8.42 Å². The molecular formula is C11H15BrCl2N2O2S. The molecule has 1 unspecified atom stereocenters. The largest absolute Gasteiger partial charge is 0.329 e. The summed E-state index contributed by atoms with van der Waals surface area (Å²) >= 11 is 9.27. The summed E-state index contributed by atoms with van der Waals surface area (Å²) in [5.41, 5.74) is 5.62. The standard InChI is InChI=1S/C11H14BrClN2O2S.ClH/c12-9-4-1-5-10(13)11(9)18(16,17)15-6-2-3-8(15)7-14;/h1,4-5,8H,2-3,6-7,14H2;1H. The van der Waals surface area contributed by atoms with Crippen LogP contribution in [-0.4, -0.2) is 31.9 Å². The Bertz CT molecular complexity index is 533. The molecule has 0 spiro atoms. The Morgan fingerprint density at radius 3 is 2.74 bits per heavy atom. The van der Waals surface area contributed by atoms with E-state index in [1.54, 1.807) is 18.2 Å². The molecule has 1 aliphatic heterocycles. The van der Waals surface area contributed by atoms with E-state index in [4.69, 9.17) is 17.3 Å². The Kier molecular flexibility index (Phi) is 6.10. The molecule has 0 saturated carbocycles. The molecule has 0 aromatic heterocycles. The maximum atomic E-state index is 12.6. The monoisotopic (exact) mass is 388 g/mol. The topological polar surface area (TPSA) is 63.4 Å². The van der Waals surface area contributed by atoms with Crippen LogP contribution in [-0.2, 0) is 10.0 Å². The van der Waals surface area contributed by atoms with Crippen LogP contribution < -0.4 is 5.73 Å². The lowest BCUT2D eigenvalue weighted by molar-refractivity contribution is 0.393. The Morgan fingerprint density at radius 2 is 2.16 bits per heavy atom. The van der Waals surface area contributed by atoms with E-state index in [0.29, 0.717) is 17.6 Å². The molecule has 1 aromatic rings. The highest BCUT2D eigenvalue weighted by molar-refractivity contribution is 9.10. The highest BCUT2D eigenvalue weighted by atomic mass is 79.9. The fraction of sp³-hybridized carbons (Fsp3) is 0.455. The molecule has 1 saturated heterocycles. The molecule has 1 atom stereocenters. The van der Waals surface area contributed by atoms with Crippen molar-refractivity contribution >= 4 is 50.0 Å². The van der Waals surface area contributed by atoms with Crippen LogP contribution in [0, 0.1) is 0 Å². The zero-order valence-corrected chi connectivity index (χ0v) is 14.0. The third kappa shape index (κ3) is 3.25. The van der Waals surface area contributed by atoms with Gasteiger partial charge in [-0.25, -0.2) is 8.42 Å². The Labute approximate surface area is 132 Å². The van der Waals surface area contributed by atoms with Crippen LogP contribution in [0.4, 0.5) is 0 Å². The molecule has 8 heteroatoms. The maximum absolute atomic E-state index is 12.6. The van der Waals surface area contributed by atoms with E-state index in [2.05, 4.69) is 15.9 Å². The van der Waals surface area contributed by atoms with Crippen molar-refractivity contribution in [3.8, 4) is 0 Å². The summed E-state index contributed by atoms with van der Waals surface area (Å²) in [5, 5.41) is 0.229. The van der Waals surface area contributed by atoms with E-state index >= 15 is 0 Å². The quantitative estimate of drug-likeness (QED) is 0.864. The fourth-order valence-electron chi connectivity index (χ4n) is 2.21. The summed E-state index contributed by atoms with van der Waals surface area (Å²) < 4.78 is 27.1. The van der Waals surface area contributed by atoms with Crippen LogP contribution in [0.3, 0.4) is 0 Å². The molecule has 1 fully saturated rings. The molecule has 1 aromatic carbocycles. The minimum absolute atomic E-state index is 0. The number of nitrogens with zero attached hydrogens (tertiary/aromatic N) is 1. The van der Waals surface area contributed by atoms with Gasteiger partial charge in [-0.2, -0.15) is 4.31 Å². The second-order valence-electron chi connectivity index (χ2n) is 4.20. The van der Waals surface area contributed by atoms with E-state index in [0.717, 1.165) is 12.8 Å². The first-order chi connectivity index (χ1) is 8.48. The van der Waals surface area contributed by atoms with Gasteiger partial charge in [-0.3, -0.25) is 0 Å². The van der Waals surface area contributed by atoms with Crippen LogP contribution in [0.5, 0.6) is 0 Å². The Balaban J connectivity index is 0.00000180. The smallest absolute Gasteiger partial charge is 0.245 e.